The van der Waals surface area contributed by atoms with Crippen LogP contribution in [0.3, 0.4) is 0 Å². The van der Waals surface area contributed by atoms with Gasteiger partial charge in [0.25, 0.3) is 0 Å². The summed E-state index contributed by atoms with van der Waals surface area (Å²) in [5.74, 6) is -0.416. The first-order chi connectivity index (χ1) is 11.3. The van der Waals surface area contributed by atoms with Crippen molar-refractivity contribution in [2.75, 3.05) is 0 Å². The molecule has 0 aliphatic rings. The second kappa shape index (κ2) is 7.41. The number of aryl methyl sites for hydroxylation is 2. The summed E-state index contributed by atoms with van der Waals surface area (Å²) >= 11 is 0. The molecule has 0 radical (unpaired) electrons. The van der Waals surface area contributed by atoms with Crippen LogP contribution in [0.15, 0.2) is 30.3 Å². The normalized spacial score (nSPS) is 10.5. The van der Waals surface area contributed by atoms with Gasteiger partial charge in [-0.3, -0.25) is 4.79 Å². The monoisotopic (exact) mass is 326 g/mol. The minimum atomic E-state index is -0.428. The van der Waals surface area contributed by atoms with Crippen LogP contribution in [0.2, 0.25) is 0 Å². The number of ketones is 1. The number of carbonyl (C=O) groups is 2. The van der Waals surface area contributed by atoms with Crippen LogP contribution in [-0.4, -0.2) is 16.9 Å². The van der Waals surface area contributed by atoms with Gasteiger partial charge in [-0.2, -0.15) is 0 Å². The average Bonchev–Trinajstić information content (AvgIpc) is 2.53. The summed E-state index contributed by atoms with van der Waals surface area (Å²) in [5.41, 5.74) is 5.53. The average molecular weight is 326 g/mol. The Balaban J connectivity index is 2.20. The van der Waals surface area contributed by atoms with Crippen molar-refractivity contribution in [1.82, 2.24) is 0 Å². The zero-order valence-electron chi connectivity index (χ0n) is 14.5. The van der Waals surface area contributed by atoms with Gasteiger partial charge < -0.3 is 9.84 Å². The molecular weight excluding hydrogens is 304 g/mol. The van der Waals surface area contributed by atoms with Crippen LogP contribution in [0.5, 0.6) is 0 Å². The molecule has 0 aliphatic carbocycles. The number of Topliss-reactive ketones (excluding diaryl/α,β-unsaturated/α-hetero) is 1. The summed E-state index contributed by atoms with van der Waals surface area (Å²) in [7, 11) is 0. The highest BCUT2D eigenvalue weighted by Gasteiger charge is 2.16. The lowest BCUT2D eigenvalue weighted by molar-refractivity contribution is 0.0471. The number of aliphatic hydroxyl groups is 1. The first-order valence-corrected chi connectivity index (χ1v) is 7.82. The van der Waals surface area contributed by atoms with Crippen molar-refractivity contribution >= 4 is 11.8 Å². The first kappa shape index (κ1) is 17.9. The molecule has 4 nitrogen and oxygen atoms in total. The van der Waals surface area contributed by atoms with Gasteiger partial charge in [0.05, 0.1) is 12.2 Å². The fraction of sp³-hybridized carbons (Fsp3) is 0.300. The van der Waals surface area contributed by atoms with Gasteiger partial charge >= 0.3 is 5.97 Å². The van der Waals surface area contributed by atoms with Crippen LogP contribution in [-0.2, 0) is 18.0 Å². The molecule has 0 aromatic heterocycles. The Morgan fingerprint density at radius 2 is 1.67 bits per heavy atom. The van der Waals surface area contributed by atoms with Gasteiger partial charge in [0.2, 0.25) is 0 Å². The molecule has 0 bridgehead atoms. The highest BCUT2D eigenvalue weighted by Crippen LogP contribution is 2.24. The van der Waals surface area contributed by atoms with E-state index >= 15 is 0 Å². The third-order valence-electron chi connectivity index (χ3n) is 4.20. The summed E-state index contributed by atoms with van der Waals surface area (Å²) in [6.45, 7) is 7.35. The lowest BCUT2D eigenvalue weighted by atomic mass is 9.92. The van der Waals surface area contributed by atoms with E-state index in [-0.39, 0.29) is 19.0 Å². The smallest absolute Gasteiger partial charge is 0.338 e. The summed E-state index contributed by atoms with van der Waals surface area (Å²) in [4.78, 5) is 24.0. The van der Waals surface area contributed by atoms with Crippen molar-refractivity contribution in [1.29, 1.82) is 0 Å². The van der Waals surface area contributed by atoms with Crippen molar-refractivity contribution in [3.63, 3.8) is 0 Å². The maximum absolute atomic E-state index is 12.2. The molecule has 2 aromatic rings. The van der Waals surface area contributed by atoms with Gasteiger partial charge in [0.15, 0.2) is 5.78 Å². The van der Waals surface area contributed by atoms with Gasteiger partial charge in [-0.1, -0.05) is 18.2 Å². The van der Waals surface area contributed by atoms with Crippen LogP contribution in [0.25, 0.3) is 0 Å². The number of benzene rings is 2. The lowest BCUT2D eigenvalue weighted by Crippen LogP contribution is -2.10. The Morgan fingerprint density at radius 1 is 1.04 bits per heavy atom. The van der Waals surface area contributed by atoms with Crippen LogP contribution in [0.1, 0.15) is 55.5 Å². The molecule has 4 heteroatoms. The van der Waals surface area contributed by atoms with Crippen LogP contribution < -0.4 is 0 Å². The molecule has 0 atom stereocenters. The topological polar surface area (TPSA) is 63.6 Å². The van der Waals surface area contributed by atoms with Crippen LogP contribution >= 0.6 is 0 Å². The standard InChI is InChI=1S/C20H22O4/c1-12-9-13(2)19(15(4)22)14(3)18(12)11-24-20(23)17-7-5-16(10-21)6-8-17/h5-9,21H,10-11H2,1-4H3. The predicted octanol–water partition coefficient (Wildman–Crippen LogP) is 3.66. The van der Waals surface area contributed by atoms with Crippen molar-refractivity contribution in [2.24, 2.45) is 0 Å². The molecule has 126 valence electrons. The van der Waals surface area contributed by atoms with E-state index in [0.29, 0.717) is 11.1 Å². The number of rotatable bonds is 5. The second-order valence-corrected chi connectivity index (χ2v) is 5.98. The molecular formula is C20H22O4. The summed E-state index contributed by atoms with van der Waals surface area (Å²) in [6.07, 6.45) is 0. The Labute approximate surface area is 142 Å². The fourth-order valence-electron chi connectivity index (χ4n) is 2.96. The SMILES string of the molecule is CC(=O)c1c(C)cc(C)c(COC(=O)c2ccc(CO)cc2)c1C. The van der Waals surface area contributed by atoms with Crippen molar-refractivity contribution in [3.05, 3.63) is 69.3 Å². The van der Waals surface area contributed by atoms with Crippen molar-refractivity contribution < 1.29 is 19.4 Å². The number of aliphatic hydroxyl groups excluding tert-OH is 1. The zero-order valence-corrected chi connectivity index (χ0v) is 14.5. The highest BCUT2D eigenvalue weighted by atomic mass is 16.5. The van der Waals surface area contributed by atoms with Gasteiger partial charge in [-0.15, -0.1) is 0 Å². The molecule has 2 rings (SSSR count). The third-order valence-corrected chi connectivity index (χ3v) is 4.20. The minimum absolute atomic E-state index is 0.0113. The summed E-state index contributed by atoms with van der Waals surface area (Å²) in [5, 5.41) is 9.03. The van der Waals surface area contributed by atoms with Crippen molar-refractivity contribution in [2.45, 2.75) is 40.9 Å². The number of hydrogen-bond donors (Lipinski definition) is 1. The fourth-order valence-corrected chi connectivity index (χ4v) is 2.96. The van der Waals surface area contributed by atoms with E-state index in [1.807, 2.05) is 26.8 Å². The first-order valence-electron chi connectivity index (χ1n) is 7.82. The lowest BCUT2D eigenvalue weighted by Gasteiger charge is -2.16. The largest absolute Gasteiger partial charge is 0.457 e. The van der Waals surface area contributed by atoms with Gasteiger partial charge in [-0.05, 0) is 67.6 Å². The zero-order chi connectivity index (χ0) is 17.9. The number of hydrogen-bond acceptors (Lipinski definition) is 4. The van der Waals surface area contributed by atoms with Crippen LogP contribution in [0.4, 0.5) is 0 Å². The second-order valence-electron chi connectivity index (χ2n) is 5.98. The number of ether oxygens (including phenoxy) is 1. The minimum Gasteiger partial charge on any atom is -0.457 e. The molecule has 24 heavy (non-hydrogen) atoms. The van der Waals surface area contributed by atoms with Crippen LogP contribution in [0, 0.1) is 20.8 Å². The molecule has 0 aliphatic heterocycles. The third kappa shape index (κ3) is 3.71. The number of carbonyl (C=O) groups excluding carboxylic acids is 2. The predicted molar refractivity (Wildman–Crippen MR) is 92.1 cm³/mol. The molecule has 0 saturated heterocycles. The maximum atomic E-state index is 12.2. The summed E-state index contributed by atoms with van der Waals surface area (Å²) < 4.78 is 5.41. The molecule has 0 unspecified atom stereocenters. The highest BCUT2D eigenvalue weighted by molar-refractivity contribution is 5.97. The molecule has 0 heterocycles. The Kier molecular flexibility index (Phi) is 5.52. The van der Waals surface area contributed by atoms with Crippen molar-refractivity contribution in [3.8, 4) is 0 Å². The summed E-state index contributed by atoms with van der Waals surface area (Å²) in [6, 6.07) is 8.58. The quantitative estimate of drug-likeness (QED) is 0.673. The van der Waals surface area contributed by atoms with E-state index in [1.165, 1.54) is 0 Å². The molecule has 2 aromatic carbocycles. The van der Waals surface area contributed by atoms with Gasteiger partial charge in [0, 0.05) is 5.56 Å². The molecule has 0 amide bonds. The Morgan fingerprint density at radius 3 is 2.21 bits per heavy atom. The van der Waals surface area contributed by atoms with E-state index in [1.54, 1.807) is 31.2 Å². The molecule has 0 spiro atoms. The van der Waals surface area contributed by atoms with E-state index in [2.05, 4.69) is 0 Å². The van der Waals surface area contributed by atoms with Gasteiger partial charge in [0.1, 0.15) is 6.61 Å². The van der Waals surface area contributed by atoms with E-state index in [4.69, 9.17) is 9.84 Å². The van der Waals surface area contributed by atoms with E-state index in [9.17, 15) is 9.59 Å². The molecule has 0 saturated carbocycles. The van der Waals surface area contributed by atoms with E-state index in [0.717, 1.165) is 27.8 Å². The molecule has 0 fully saturated rings. The van der Waals surface area contributed by atoms with E-state index < -0.39 is 5.97 Å². The maximum Gasteiger partial charge on any atom is 0.338 e. The Bertz CT molecular complexity index is 773. The Hall–Kier alpha value is -2.46. The molecule has 1 N–H and O–H groups in total. The number of esters is 1. The van der Waals surface area contributed by atoms with Gasteiger partial charge in [-0.25, -0.2) is 4.79 Å².